The highest BCUT2D eigenvalue weighted by atomic mass is 35.5. The maximum atomic E-state index is 14.1. The predicted molar refractivity (Wildman–Crippen MR) is 225 cm³/mol. The molecule has 310 valence electrons. The summed E-state index contributed by atoms with van der Waals surface area (Å²) in [5.74, 6) is 2.26. The Morgan fingerprint density at radius 2 is 1.75 bits per heavy atom. The molecule has 3 aromatic carbocycles. The van der Waals surface area contributed by atoms with E-state index in [9.17, 15) is 13.9 Å². The first-order chi connectivity index (χ1) is 27.4. The average Bonchev–Trinajstić information content (AvgIpc) is 3.53. The van der Waals surface area contributed by atoms with Crippen LogP contribution in [0.5, 0.6) is 11.5 Å². The molecule has 0 saturated carbocycles. The first-order valence-corrected chi connectivity index (χ1v) is 20.7. The van der Waals surface area contributed by atoms with Gasteiger partial charge in [-0.15, -0.1) is 0 Å². The van der Waals surface area contributed by atoms with Crippen LogP contribution in [0.1, 0.15) is 43.1 Å². The minimum absolute atomic E-state index is 0.0268. The zero-order valence-electron chi connectivity index (χ0n) is 33.5. The minimum Gasteiger partial charge on any atom is -0.457 e. The normalized spacial score (nSPS) is 24.1. The van der Waals surface area contributed by atoms with E-state index >= 15 is 0 Å². The molecule has 0 spiro atoms. The van der Waals surface area contributed by atoms with E-state index in [2.05, 4.69) is 59.3 Å². The van der Waals surface area contributed by atoms with E-state index in [1.54, 1.807) is 0 Å². The molecule has 4 N–H and O–H groups in total. The highest BCUT2D eigenvalue weighted by Gasteiger charge is 2.37. The number of aromatic nitrogens is 2. The van der Waals surface area contributed by atoms with Crippen LogP contribution >= 0.6 is 23.2 Å². The molecule has 1 unspecified atom stereocenters. The van der Waals surface area contributed by atoms with Gasteiger partial charge in [-0.05, 0) is 101 Å². The van der Waals surface area contributed by atoms with Crippen LogP contribution in [-0.2, 0) is 26.6 Å². The lowest BCUT2D eigenvalue weighted by molar-refractivity contribution is 0.0695. The Bertz CT molecular complexity index is 1860. The number of hydrogen-bond donors (Lipinski definition) is 4. The van der Waals surface area contributed by atoms with E-state index in [0.29, 0.717) is 60.9 Å². The van der Waals surface area contributed by atoms with E-state index in [1.807, 2.05) is 81.9 Å². The molecular formula is C43H58Cl2F2N8O2. The van der Waals surface area contributed by atoms with E-state index in [1.165, 1.54) is 0 Å². The second-order valence-corrected chi connectivity index (χ2v) is 17.0. The minimum atomic E-state index is -2.44. The Morgan fingerprint density at radius 1 is 1.00 bits per heavy atom. The Balaban J connectivity index is 1.20. The van der Waals surface area contributed by atoms with Gasteiger partial charge in [-0.3, -0.25) is 15.1 Å². The molecular weight excluding hydrogens is 769 g/mol. The van der Waals surface area contributed by atoms with Crippen LogP contribution in [0.2, 0.25) is 10.0 Å². The summed E-state index contributed by atoms with van der Waals surface area (Å²) in [4.78, 5) is 11.3. The second-order valence-electron chi connectivity index (χ2n) is 16.1. The molecule has 0 aliphatic carbocycles. The molecule has 14 heteroatoms. The van der Waals surface area contributed by atoms with Gasteiger partial charge in [0.1, 0.15) is 17.3 Å². The van der Waals surface area contributed by atoms with Gasteiger partial charge >= 0.3 is 0 Å². The monoisotopic (exact) mass is 826 g/mol. The molecule has 0 amide bonds. The number of fused-ring (bicyclic) bond motifs is 2. The van der Waals surface area contributed by atoms with Gasteiger partial charge in [-0.2, -0.15) is 0 Å². The summed E-state index contributed by atoms with van der Waals surface area (Å²) >= 11 is 12.7. The molecule has 2 aliphatic heterocycles. The molecule has 10 nitrogen and oxygen atoms in total. The van der Waals surface area contributed by atoms with E-state index < -0.39 is 12.5 Å². The van der Waals surface area contributed by atoms with Crippen molar-refractivity contribution in [3.8, 4) is 22.8 Å². The number of nitrogens with one attached hydrogen (secondary N) is 3. The lowest BCUT2D eigenvalue weighted by atomic mass is 9.82. The molecule has 6 rings (SSSR count). The molecule has 1 aromatic heterocycles. The number of benzene rings is 3. The lowest BCUT2D eigenvalue weighted by Gasteiger charge is -2.46. The van der Waals surface area contributed by atoms with Crippen molar-refractivity contribution in [2.75, 3.05) is 60.1 Å². The molecule has 57 heavy (non-hydrogen) atoms. The fourth-order valence-electron chi connectivity index (χ4n) is 8.04. The third kappa shape index (κ3) is 12.2. The van der Waals surface area contributed by atoms with Gasteiger partial charge in [0.05, 0.1) is 25.0 Å². The van der Waals surface area contributed by atoms with Crippen LogP contribution in [0.4, 0.5) is 8.78 Å². The first-order valence-electron chi connectivity index (χ1n) is 19.9. The van der Waals surface area contributed by atoms with E-state index in [0.717, 1.165) is 60.6 Å². The van der Waals surface area contributed by atoms with Gasteiger partial charge in [-0.25, -0.2) is 13.8 Å². The van der Waals surface area contributed by atoms with Crippen LogP contribution in [0, 0.1) is 0 Å². The maximum Gasteiger partial charge on any atom is 0.240 e. The zero-order valence-corrected chi connectivity index (χ0v) is 35.0. The number of hydrogen-bond acceptors (Lipinski definition) is 9. The number of nitrogens with zero attached hydrogens (tertiary/aromatic N) is 5. The number of rotatable bonds is 12. The highest BCUT2D eigenvalue weighted by molar-refractivity contribution is 6.31. The summed E-state index contributed by atoms with van der Waals surface area (Å²) in [5.41, 5.74) is 3.83. The average molecular weight is 828 g/mol. The quantitative estimate of drug-likeness (QED) is 0.126. The second kappa shape index (κ2) is 20.2. The fraction of sp³-hybridized carbons (Fsp3) is 0.512. The number of aliphatic hydroxyl groups excluding tert-OH is 1. The number of piperidine rings is 1. The Kier molecular flexibility index (Phi) is 15.4. The largest absolute Gasteiger partial charge is 0.457 e. The SMILES string of the molecule is C[C@H]1CN[C@H](CO)CN[C@@]2(Cc3ccc(Cl)cc3)CCCN(C[C@H](CC(F)F)NCN1Cc1ccc(Cl)cc1Oc1ccc(-c3cnc(CN(C)C)n3C)cc1)C2. The number of aliphatic hydroxyl groups is 1. The number of halogens is 4. The topological polar surface area (TPSA) is 93.1 Å². The highest BCUT2D eigenvalue weighted by Crippen LogP contribution is 2.32. The summed E-state index contributed by atoms with van der Waals surface area (Å²) in [5, 5.41) is 22.7. The molecule has 0 radical (unpaired) electrons. The Hall–Kier alpha value is -3.17. The van der Waals surface area contributed by atoms with Crippen molar-refractivity contribution >= 4 is 23.2 Å². The molecule has 5 atom stereocenters. The molecule has 2 aliphatic rings. The van der Waals surface area contributed by atoms with Crippen molar-refractivity contribution < 1.29 is 18.6 Å². The van der Waals surface area contributed by atoms with Gasteiger partial charge in [0.2, 0.25) is 6.43 Å². The molecule has 3 heterocycles. The maximum absolute atomic E-state index is 14.1. The van der Waals surface area contributed by atoms with Crippen LogP contribution < -0.4 is 20.7 Å². The first kappa shape index (κ1) is 43.4. The third-order valence-electron chi connectivity index (χ3n) is 11.2. The predicted octanol–water partition coefficient (Wildman–Crippen LogP) is 6.64. The van der Waals surface area contributed by atoms with Crippen molar-refractivity contribution in [3.05, 3.63) is 99.9 Å². The fourth-order valence-corrected chi connectivity index (χ4v) is 8.32. The van der Waals surface area contributed by atoms with Crippen molar-refractivity contribution in [2.45, 2.75) is 75.8 Å². The van der Waals surface area contributed by atoms with Gasteiger partial charge in [0, 0.05) is 97.7 Å². The summed E-state index contributed by atoms with van der Waals surface area (Å²) in [7, 11) is 6.07. The summed E-state index contributed by atoms with van der Waals surface area (Å²) in [6.45, 7) is 6.86. The Labute approximate surface area is 346 Å². The number of alkyl halides is 2. The smallest absolute Gasteiger partial charge is 0.240 e. The summed E-state index contributed by atoms with van der Waals surface area (Å²) < 4.78 is 36.9. The lowest BCUT2D eigenvalue weighted by Crippen LogP contribution is -2.63. The number of ether oxygens (including phenoxy) is 1. The summed E-state index contributed by atoms with van der Waals surface area (Å²) in [6.07, 6.45) is 1.85. The van der Waals surface area contributed by atoms with Gasteiger partial charge in [0.15, 0.2) is 0 Å². The third-order valence-corrected chi connectivity index (χ3v) is 11.7. The number of imidazole rings is 1. The van der Waals surface area contributed by atoms with Gasteiger partial charge < -0.3 is 29.9 Å². The van der Waals surface area contributed by atoms with Gasteiger partial charge in [-0.1, -0.05) is 41.4 Å². The van der Waals surface area contributed by atoms with Crippen LogP contribution in [0.25, 0.3) is 11.3 Å². The molecule has 2 bridgehead atoms. The molecule has 4 aromatic rings. The van der Waals surface area contributed by atoms with Crippen molar-refractivity contribution in [1.82, 2.24) is 40.2 Å². The van der Waals surface area contributed by atoms with Crippen LogP contribution in [-0.4, -0.2) is 120 Å². The van der Waals surface area contributed by atoms with E-state index in [-0.39, 0.29) is 30.7 Å². The zero-order chi connectivity index (χ0) is 40.5. The van der Waals surface area contributed by atoms with Crippen molar-refractivity contribution in [1.29, 1.82) is 0 Å². The van der Waals surface area contributed by atoms with Gasteiger partial charge in [0.25, 0.3) is 0 Å². The standard InChI is InChI=1S/C43H58Cl2F2N8O2/c1-30-21-48-37(27-56)22-51-43(20-31-6-11-34(44)12-7-31)16-5-17-54(28-43)25-36(19-41(46)47)50-29-55(30)24-33-8-13-35(45)18-40(33)57-38-14-9-32(10-15-38)39-23-49-42(53(39)4)26-52(2)3/h6-15,18,23,30,36-37,41,48,50-51,56H,5,16-17,19-22,24-29H2,1-4H3/t30-,36-,37-,43+/m0/s1. The molecule has 2 saturated heterocycles. The Morgan fingerprint density at radius 3 is 2.47 bits per heavy atom. The summed E-state index contributed by atoms with van der Waals surface area (Å²) in [6, 6.07) is 20.8. The van der Waals surface area contributed by atoms with Crippen molar-refractivity contribution in [2.24, 2.45) is 7.05 Å². The van der Waals surface area contributed by atoms with Crippen LogP contribution in [0.3, 0.4) is 0 Å². The van der Waals surface area contributed by atoms with Crippen LogP contribution in [0.15, 0.2) is 72.9 Å². The molecule has 2 fully saturated rings. The van der Waals surface area contributed by atoms with E-state index in [4.69, 9.17) is 27.9 Å². The van der Waals surface area contributed by atoms with Crippen molar-refractivity contribution in [3.63, 3.8) is 0 Å².